The fourth-order valence-corrected chi connectivity index (χ4v) is 2.42. The van der Waals surface area contributed by atoms with Crippen molar-refractivity contribution in [2.24, 2.45) is 5.92 Å². The van der Waals surface area contributed by atoms with E-state index >= 15 is 0 Å². The van der Waals surface area contributed by atoms with Gasteiger partial charge in [-0.05, 0) is 56.0 Å². The number of rotatable bonds is 2. The minimum absolute atomic E-state index is 0.0407. The third-order valence-electron chi connectivity index (χ3n) is 3.67. The monoisotopic (exact) mass is 246 g/mol. The summed E-state index contributed by atoms with van der Waals surface area (Å²) in [6.45, 7) is 8.23. The van der Waals surface area contributed by atoms with Gasteiger partial charge in [-0.25, -0.2) is 0 Å². The smallest absolute Gasteiger partial charge is 0.251 e. The molecule has 1 aliphatic rings. The molecule has 1 fully saturated rings. The van der Waals surface area contributed by atoms with E-state index in [9.17, 15) is 4.79 Å². The van der Waals surface area contributed by atoms with Crippen LogP contribution in [0.25, 0.3) is 0 Å². The van der Waals surface area contributed by atoms with Crippen LogP contribution < -0.4 is 10.6 Å². The van der Waals surface area contributed by atoms with Crippen LogP contribution in [0.15, 0.2) is 18.2 Å². The Labute approximate surface area is 109 Å². The SMILES string of the molecule is Cc1ccc(C(=O)NC2CNCC(C)C2)cc1C. The topological polar surface area (TPSA) is 41.1 Å². The Morgan fingerprint density at radius 1 is 1.28 bits per heavy atom. The first-order valence-corrected chi connectivity index (χ1v) is 6.65. The summed E-state index contributed by atoms with van der Waals surface area (Å²) in [4.78, 5) is 12.1. The number of hydrogen-bond donors (Lipinski definition) is 2. The highest BCUT2D eigenvalue weighted by Crippen LogP contribution is 2.12. The standard InChI is InChI=1S/C15H22N2O/c1-10-6-14(9-16-8-10)17-15(18)13-5-4-11(2)12(3)7-13/h4-5,7,10,14,16H,6,8-9H2,1-3H3,(H,17,18). The average Bonchev–Trinajstić information content (AvgIpc) is 2.32. The number of carbonyl (C=O) groups is 1. The Hall–Kier alpha value is -1.35. The fraction of sp³-hybridized carbons (Fsp3) is 0.533. The molecule has 2 N–H and O–H groups in total. The van der Waals surface area contributed by atoms with Crippen LogP contribution in [0.1, 0.15) is 34.8 Å². The van der Waals surface area contributed by atoms with Gasteiger partial charge in [-0.3, -0.25) is 4.79 Å². The molecule has 1 amide bonds. The van der Waals surface area contributed by atoms with E-state index in [-0.39, 0.29) is 11.9 Å². The molecule has 2 rings (SSSR count). The Bertz CT molecular complexity index is 442. The minimum atomic E-state index is 0.0407. The summed E-state index contributed by atoms with van der Waals surface area (Å²) >= 11 is 0. The Balaban J connectivity index is 2.00. The van der Waals surface area contributed by atoms with Crippen molar-refractivity contribution in [2.75, 3.05) is 13.1 Å². The molecule has 0 radical (unpaired) electrons. The molecule has 1 saturated heterocycles. The maximum Gasteiger partial charge on any atom is 0.251 e. The second-order valence-electron chi connectivity index (χ2n) is 5.47. The van der Waals surface area contributed by atoms with E-state index in [2.05, 4.69) is 24.5 Å². The van der Waals surface area contributed by atoms with Gasteiger partial charge < -0.3 is 10.6 Å². The molecule has 1 aliphatic heterocycles. The summed E-state index contributed by atoms with van der Waals surface area (Å²) in [5.41, 5.74) is 3.15. The molecule has 2 atom stereocenters. The van der Waals surface area contributed by atoms with Crippen LogP contribution in [0.4, 0.5) is 0 Å². The van der Waals surface area contributed by atoms with Crippen molar-refractivity contribution < 1.29 is 4.79 Å². The zero-order valence-electron chi connectivity index (χ0n) is 11.4. The van der Waals surface area contributed by atoms with Gasteiger partial charge in [-0.2, -0.15) is 0 Å². The lowest BCUT2D eigenvalue weighted by molar-refractivity contribution is 0.0925. The van der Waals surface area contributed by atoms with Gasteiger partial charge in [-0.1, -0.05) is 13.0 Å². The molecule has 1 heterocycles. The van der Waals surface area contributed by atoms with Crippen molar-refractivity contribution in [3.63, 3.8) is 0 Å². The lowest BCUT2D eigenvalue weighted by atomic mass is 9.97. The first-order chi connectivity index (χ1) is 8.56. The maximum absolute atomic E-state index is 12.1. The first kappa shape index (κ1) is 13.1. The maximum atomic E-state index is 12.1. The fourth-order valence-electron chi connectivity index (χ4n) is 2.42. The van der Waals surface area contributed by atoms with Crippen molar-refractivity contribution >= 4 is 5.91 Å². The predicted octanol–water partition coefficient (Wildman–Crippen LogP) is 2.03. The quantitative estimate of drug-likeness (QED) is 0.838. The molecule has 3 heteroatoms. The highest BCUT2D eigenvalue weighted by molar-refractivity contribution is 5.94. The van der Waals surface area contributed by atoms with E-state index < -0.39 is 0 Å². The van der Waals surface area contributed by atoms with E-state index in [4.69, 9.17) is 0 Å². The van der Waals surface area contributed by atoms with Crippen molar-refractivity contribution in [1.29, 1.82) is 0 Å². The van der Waals surface area contributed by atoms with E-state index in [1.807, 2.05) is 25.1 Å². The van der Waals surface area contributed by atoms with E-state index in [1.54, 1.807) is 0 Å². The van der Waals surface area contributed by atoms with Gasteiger partial charge in [0.1, 0.15) is 0 Å². The number of hydrogen-bond acceptors (Lipinski definition) is 2. The highest BCUT2D eigenvalue weighted by Gasteiger charge is 2.20. The molecule has 98 valence electrons. The van der Waals surface area contributed by atoms with E-state index in [0.29, 0.717) is 5.92 Å². The van der Waals surface area contributed by atoms with Crippen molar-refractivity contribution in [2.45, 2.75) is 33.2 Å². The van der Waals surface area contributed by atoms with Crippen LogP contribution in [0, 0.1) is 19.8 Å². The number of piperidine rings is 1. The van der Waals surface area contributed by atoms with Crippen molar-refractivity contribution in [1.82, 2.24) is 10.6 Å². The van der Waals surface area contributed by atoms with Crippen LogP contribution >= 0.6 is 0 Å². The molecule has 1 aromatic rings. The average molecular weight is 246 g/mol. The summed E-state index contributed by atoms with van der Waals surface area (Å²) in [6.07, 6.45) is 1.06. The zero-order chi connectivity index (χ0) is 13.1. The molecule has 0 aliphatic carbocycles. The van der Waals surface area contributed by atoms with Gasteiger partial charge in [0, 0.05) is 18.2 Å². The van der Waals surface area contributed by atoms with Crippen molar-refractivity contribution in [3.8, 4) is 0 Å². The van der Waals surface area contributed by atoms with Crippen LogP contribution in [0.5, 0.6) is 0 Å². The second kappa shape index (κ2) is 5.53. The van der Waals surface area contributed by atoms with Gasteiger partial charge in [0.2, 0.25) is 0 Å². The molecule has 0 bridgehead atoms. The van der Waals surface area contributed by atoms with Crippen molar-refractivity contribution in [3.05, 3.63) is 34.9 Å². The van der Waals surface area contributed by atoms with Gasteiger partial charge in [0.25, 0.3) is 5.91 Å². The molecule has 0 aromatic heterocycles. The van der Waals surface area contributed by atoms with Crippen LogP contribution in [-0.4, -0.2) is 25.0 Å². The summed E-state index contributed by atoms with van der Waals surface area (Å²) in [5, 5.41) is 6.46. The normalized spacial score (nSPS) is 23.7. The molecule has 0 saturated carbocycles. The first-order valence-electron chi connectivity index (χ1n) is 6.65. The number of carbonyl (C=O) groups excluding carboxylic acids is 1. The van der Waals surface area contributed by atoms with E-state index in [1.165, 1.54) is 5.56 Å². The molecular formula is C15H22N2O. The van der Waals surface area contributed by atoms with Crippen LogP contribution in [0.3, 0.4) is 0 Å². The van der Waals surface area contributed by atoms with Gasteiger partial charge in [-0.15, -0.1) is 0 Å². The lowest BCUT2D eigenvalue weighted by Gasteiger charge is -2.28. The second-order valence-corrected chi connectivity index (χ2v) is 5.47. The molecule has 1 aromatic carbocycles. The molecule has 0 spiro atoms. The minimum Gasteiger partial charge on any atom is -0.348 e. The molecule has 18 heavy (non-hydrogen) atoms. The van der Waals surface area contributed by atoms with Crippen LogP contribution in [-0.2, 0) is 0 Å². The van der Waals surface area contributed by atoms with Gasteiger partial charge >= 0.3 is 0 Å². The van der Waals surface area contributed by atoms with Crippen LogP contribution in [0.2, 0.25) is 0 Å². The molecular weight excluding hydrogens is 224 g/mol. The third kappa shape index (κ3) is 3.10. The summed E-state index contributed by atoms with van der Waals surface area (Å²) in [7, 11) is 0. The summed E-state index contributed by atoms with van der Waals surface area (Å²) in [6, 6.07) is 6.12. The Morgan fingerprint density at radius 3 is 2.72 bits per heavy atom. The highest BCUT2D eigenvalue weighted by atomic mass is 16.1. The third-order valence-corrected chi connectivity index (χ3v) is 3.67. The molecule has 3 nitrogen and oxygen atoms in total. The summed E-state index contributed by atoms with van der Waals surface area (Å²) in [5.74, 6) is 0.669. The Kier molecular flexibility index (Phi) is 4.02. The predicted molar refractivity (Wildman–Crippen MR) is 73.8 cm³/mol. The number of aryl methyl sites for hydroxylation is 2. The number of amides is 1. The number of benzene rings is 1. The Morgan fingerprint density at radius 2 is 2.06 bits per heavy atom. The van der Waals surface area contributed by atoms with Gasteiger partial charge in [0.15, 0.2) is 0 Å². The van der Waals surface area contributed by atoms with Gasteiger partial charge in [0.05, 0.1) is 0 Å². The largest absolute Gasteiger partial charge is 0.348 e. The molecule has 2 unspecified atom stereocenters. The van der Waals surface area contributed by atoms with E-state index in [0.717, 1.165) is 30.6 Å². The summed E-state index contributed by atoms with van der Waals surface area (Å²) < 4.78 is 0. The zero-order valence-corrected chi connectivity index (χ0v) is 11.4. The number of nitrogens with one attached hydrogen (secondary N) is 2. The lowest BCUT2D eigenvalue weighted by Crippen LogP contribution is -2.48.